The lowest BCUT2D eigenvalue weighted by Crippen LogP contribution is -2.33. The minimum atomic E-state index is -0.182. The van der Waals surface area contributed by atoms with Crippen molar-refractivity contribution in [3.63, 3.8) is 0 Å². The molecule has 0 radical (unpaired) electrons. The number of unbranched alkanes of at least 4 members (excludes halogenated alkanes) is 52. The summed E-state index contributed by atoms with van der Waals surface area (Å²) in [4.78, 5) is 75.1. The molecular formula is C122H191N5O15. The molecule has 0 aliphatic carbocycles. The predicted molar refractivity (Wildman–Crippen MR) is 584 cm³/mol. The van der Waals surface area contributed by atoms with Gasteiger partial charge in [0.25, 0.3) is 0 Å². The third-order valence-corrected chi connectivity index (χ3v) is 27.4. The van der Waals surface area contributed by atoms with Gasteiger partial charge in [-0.2, -0.15) is 0 Å². The molecule has 0 aromatic heterocycles. The highest BCUT2D eigenvalue weighted by molar-refractivity contribution is 5.89. The van der Waals surface area contributed by atoms with Crippen LogP contribution in [-0.4, -0.2) is 136 Å². The van der Waals surface area contributed by atoms with Gasteiger partial charge in [-0.1, -0.05) is 350 Å². The molecule has 1 atom stereocenters. The fourth-order valence-electron chi connectivity index (χ4n) is 18.6. The van der Waals surface area contributed by atoms with Gasteiger partial charge in [-0.3, -0.25) is 24.0 Å². The van der Waals surface area contributed by atoms with Crippen LogP contribution in [0.5, 0.6) is 57.5 Å². The van der Waals surface area contributed by atoms with Crippen molar-refractivity contribution in [2.24, 2.45) is 5.92 Å². The largest absolute Gasteiger partial charge is 0.504 e. The number of ether oxygens (including phenoxy) is 5. The van der Waals surface area contributed by atoms with Gasteiger partial charge >= 0.3 is 0 Å². The van der Waals surface area contributed by atoms with Crippen molar-refractivity contribution in [3.05, 3.63) is 180 Å². The van der Waals surface area contributed by atoms with E-state index in [-0.39, 0.29) is 64.2 Å². The number of benzene rings is 5. The third-order valence-electron chi connectivity index (χ3n) is 27.4. The van der Waals surface area contributed by atoms with Crippen LogP contribution in [0.1, 0.15) is 427 Å². The first-order valence-electron chi connectivity index (χ1n) is 55.9. The molecule has 142 heavy (non-hydrogen) atoms. The number of nitrogens with zero attached hydrogens (tertiary/aromatic N) is 4. The van der Waals surface area contributed by atoms with Gasteiger partial charge in [-0.05, 0) is 228 Å². The summed E-state index contributed by atoms with van der Waals surface area (Å²) in [6, 6.07) is 26.3. The Hall–Kier alpha value is -9.85. The van der Waals surface area contributed by atoms with Crippen LogP contribution in [0, 0.1) is 5.92 Å². The molecular weight excluding hydrogens is 1780 g/mol. The number of aromatic hydroxyl groups is 5. The number of hydrogen-bond acceptors (Lipinski definition) is 15. The Morgan fingerprint density at radius 3 is 0.838 bits per heavy atom. The Bertz CT molecular complexity index is 4310. The topological polar surface area (TPSA) is 258 Å². The van der Waals surface area contributed by atoms with E-state index < -0.39 is 0 Å². The second-order valence-corrected chi connectivity index (χ2v) is 39.8. The van der Waals surface area contributed by atoms with Crippen molar-refractivity contribution in [2.45, 2.75) is 432 Å². The summed E-state index contributed by atoms with van der Waals surface area (Å²) in [5, 5.41) is 53.8. The average Bonchev–Trinajstić information content (AvgIpc) is 0.866. The molecule has 0 aliphatic heterocycles. The van der Waals surface area contributed by atoms with Crippen LogP contribution in [0.3, 0.4) is 0 Å². The minimum absolute atomic E-state index is 0.0245. The monoisotopic (exact) mass is 1970 g/mol. The molecule has 5 rings (SSSR count). The molecule has 0 aliphatic rings. The highest BCUT2D eigenvalue weighted by Crippen LogP contribution is 2.34. The molecule has 0 fully saturated rings. The second-order valence-electron chi connectivity index (χ2n) is 39.8. The van der Waals surface area contributed by atoms with E-state index in [9.17, 15) is 49.5 Å². The van der Waals surface area contributed by atoms with Gasteiger partial charge in [0.15, 0.2) is 57.5 Å². The Morgan fingerprint density at radius 1 is 0.282 bits per heavy atom. The highest BCUT2D eigenvalue weighted by Gasteiger charge is 2.21. The molecule has 0 heterocycles. The number of amides is 5. The van der Waals surface area contributed by atoms with Crippen LogP contribution in [-0.2, 0) is 56.7 Å². The second kappa shape index (κ2) is 81.5. The molecule has 0 saturated carbocycles. The maximum absolute atomic E-state index is 13.7. The first kappa shape index (κ1) is 123. The summed E-state index contributed by atoms with van der Waals surface area (Å²) >= 11 is 0. The molecule has 0 spiro atoms. The van der Waals surface area contributed by atoms with Crippen LogP contribution in [0.15, 0.2) is 152 Å². The van der Waals surface area contributed by atoms with Crippen molar-refractivity contribution < 1.29 is 73.2 Å². The summed E-state index contributed by atoms with van der Waals surface area (Å²) in [6.45, 7) is 9.36. The SMILES string of the molecule is CCCCCCCC/C=C/CCCCCCCC(=O)N(CCCCCCCCCCCCCCCC=CC(=O)N(CCCCCCCCCCCCCCCC=CC(=O)N(CCCCCCCCCCCCCCCC=CC(=O)N(Cc1ccc(O)c(OC)c1)CC(C)CCCCC=CC(=O)NCc1ccc(O)c(OC)c1)Cc1ccc(O)c(OC)c1)Cc1ccc(O)c(OC)c1)Cc1ccc(O)c(OC)c1. The Balaban J connectivity index is 0.853. The van der Waals surface area contributed by atoms with E-state index in [2.05, 4.69) is 43.5 Å². The van der Waals surface area contributed by atoms with Gasteiger partial charge in [0.2, 0.25) is 29.5 Å². The van der Waals surface area contributed by atoms with Crippen molar-refractivity contribution in [1.82, 2.24) is 24.9 Å². The molecule has 5 amide bonds. The maximum Gasteiger partial charge on any atom is 0.246 e. The summed E-state index contributed by atoms with van der Waals surface area (Å²) < 4.78 is 26.8. The lowest BCUT2D eigenvalue weighted by molar-refractivity contribution is -0.132. The van der Waals surface area contributed by atoms with Crippen LogP contribution in [0.2, 0.25) is 0 Å². The summed E-state index contributed by atoms with van der Waals surface area (Å²) in [5.74, 6) is 2.77. The Labute approximate surface area is 859 Å². The predicted octanol–water partition coefficient (Wildman–Crippen LogP) is 30.8. The van der Waals surface area contributed by atoms with Crippen molar-refractivity contribution in [3.8, 4) is 57.5 Å². The first-order valence-corrected chi connectivity index (χ1v) is 55.9. The maximum atomic E-state index is 13.7. The number of phenols is 5. The number of rotatable bonds is 89. The molecule has 0 saturated heterocycles. The average molecular weight is 1970 g/mol. The van der Waals surface area contributed by atoms with E-state index in [4.69, 9.17) is 23.7 Å². The van der Waals surface area contributed by atoms with Crippen molar-refractivity contribution >= 4 is 29.5 Å². The van der Waals surface area contributed by atoms with Crippen LogP contribution in [0.25, 0.3) is 0 Å². The molecule has 20 heteroatoms. The smallest absolute Gasteiger partial charge is 0.246 e. The van der Waals surface area contributed by atoms with E-state index in [0.29, 0.717) is 87.5 Å². The quantitative estimate of drug-likeness (QED) is 0.0120. The Kier molecular flexibility index (Phi) is 70.3. The number of allylic oxidation sites excluding steroid dienone is 6. The third kappa shape index (κ3) is 58.8. The summed E-state index contributed by atoms with van der Waals surface area (Å²) in [5.41, 5.74) is 4.56. The number of phenolic OH excluding ortho intramolecular Hbond substituents is 5. The van der Waals surface area contributed by atoms with E-state index in [1.807, 2.05) is 74.2 Å². The van der Waals surface area contributed by atoms with E-state index in [1.165, 1.54) is 245 Å². The van der Waals surface area contributed by atoms with Gasteiger partial charge in [-0.25, -0.2) is 0 Å². The van der Waals surface area contributed by atoms with Crippen LogP contribution in [0.4, 0.5) is 0 Å². The molecule has 20 nitrogen and oxygen atoms in total. The lowest BCUT2D eigenvalue weighted by Gasteiger charge is -2.25. The Morgan fingerprint density at radius 2 is 0.521 bits per heavy atom. The fourth-order valence-corrected chi connectivity index (χ4v) is 18.6. The molecule has 5 aromatic carbocycles. The van der Waals surface area contributed by atoms with Gasteiger partial charge in [0.05, 0.1) is 35.5 Å². The summed E-state index contributed by atoms with van der Waals surface area (Å²) in [6.07, 6.45) is 88.9. The van der Waals surface area contributed by atoms with Crippen molar-refractivity contribution in [1.29, 1.82) is 0 Å². The minimum Gasteiger partial charge on any atom is -0.504 e. The van der Waals surface area contributed by atoms with E-state index >= 15 is 0 Å². The zero-order chi connectivity index (χ0) is 102. The number of nitrogens with one attached hydrogen (secondary N) is 1. The zero-order valence-electron chi connectivity index (χ0n) is 89.4. The first-order chi connectivity index (χ1) is 69.4. The molecule has 0 bridgehead atoms. The molecule has 794 valence electrons. The van der Waals surface area contributed by atoms with E-state index in [1.54, 1.807) is 94.2 Å². The van der Waals surface area contributed by atoms with Gasteiger partial charge in [-0.15, -0.1) is 0 Å². The highest BCUT2D eigenvalue weighted by atomic mass is 16.5. The lowest BCUT2D eigenvalue weighted by atomic mass is 10.0. The number of carbonyl (C=O) groups is 5. The van der Waals surface area contributed by atoms with Crippen LogP contribution < -0.4 is 29.0 Å². The summed E-state index contributed by atoms with van der Waals surface area (Å²) in [7, 11) is 7.68. The number of carbonyl (C=O) groups excluding carboxylic acids is 5. The normalized spacial score (nSPS) is 11.9. The molecule has 1 unspecified atom stereocenters. The number of methoxy groups -OCH3 is 5. The van der Waals surface area contributed by atoms with Gasteiger partial charge < -0.3 is 74.1 Å². The van der Waals surface area contributed by atoms with Gasteiger partial charge in [0, 0.05) is 65.3 Å². The molecule has 6 N–H and O–H groups in total. The van der Waals surface area contributed by atoms with Crippen LogP contribution >= 0.6 is 0 Å². The fraction of sp³-hybridized carbons (Fsp3) is 0.631. The standard InChI is InChI=1S/C122H191N5O15/c1-8-9-10-11-12-13-14-15-19-26-33-40-47-54-65-74-119(134)124(98-104-79-84-109(129)114(92-104)139-4)88-69-60-51-44-37-30-23-16-20-27-34-41-48-55-66-75-120(135)125(99-105-80-85-110(130)115(93-105)140-5)89-70-61-52-45-38-31-24-17-21-28-35-42-49-56-67-76-121(136)126(100-106-81-86-111(131)116(94-106)141-6)90-71-62-53-46-39-32-25-18-22-29-36-43-50-57-68-77-122(137)127(101-107-82-87-112(132)117(95-107)142-7)97-102(2)72-63-58-59-64-73-118(133)123-96-103-78-83-108(128)113(91-103)138-3/h15,19,64,66-68,73,75-87,91-95,102,128-132H,8-14,16-18,20-63,65,69-72,74,88-90,96-101H2,1-7H3,(H,123,133)/b19-15+,73-64?,75-66?,76-67?,77-68?. The zero-order valence-corrected chi connectivity index (χ0v) is 89.4. The van der Waals surface area contributed by atoms with E-state index in [0.717, 1.165) is 182 Å². The van der Waals surface area contributed by atoms with Gasteiger partial charge in [0.1, 0.15) is 0 Å². The molecule has 5 aromatic rings. The van der Waals surface area contributed by atoms with Crippen molar-refractivity contribution in [2.75, 3.05) is 61.7 Å². The number of hydrogen-bond donors (Lipinski definition) is 6.